The van der Waals surface area contributed by atoms with E-state index in [2.05, 4.69) is 17.3 Å². The van der Waals surface area contributed by atoms with Gasteiger partial charge in [-0.1, -0.05) is 12.8 Å². The minimum atomic E-state index is 0.139. The first kappa shape index (κ1) is 11.5. The standard InChI is InChI=1S/C12H21N3O/c1-9-10(2)14-15(7-8-16)12(9)13-11-5-3-4-6-11/h11,13,16H,3-8H2,1-2H3. The number of nitrogens with one attached hydrogen (secondary N) is 1. The highest BCUT2D eigenvalue weighted by Crippen LogP contribution is 2.25. The molecule has 0 bridgehead atoms. The summed E-state index contributed by atoms with van der Waals surface area (Å²) in [5.41, 5.74) is 2.26. The van der Waals surface area contributed by atoms with E-state index in [1.807, 2.05) is 11.6 Å². The van der Waals surface area contributed by atoms with E-state index in [9.17, 15) is 0 Å². The van der Waals surface area contributed by atoms with Crippen molar-refractivity contribution in [3.63, 3.8) is 0 Å². The van der Waals surface area contributed by atoms with E-state index < -0.39 is 0 Å². The first-order valence-electron chi connectivity index (χ1n) is 6.13. The molecule has 0 radical (unpaired) electrons. The van der Waals surface area contributed by atoms with Gasteiger partial charge < -0.3 is 10.4 Å². The molecular formula is C12H21N3O. The van der Waals surface area contributed by atoms with E-state index in [1.54, 1.807) is 0 Å². The van der Waals surface area contributed by atoms with E-state index >= 15 is 0 Å². The Morgan fingerprint density at radius 3 is 2.69 bits per heavy atom. The van der Waals surface area contributed by atoms with E-state index in [1.165, 1.54) is 31.2 Å². The van der Waals surface area contributed by atoms with E-state index in [-0.39, 0.29) is 6.61 Å². The van der Waals surface area contributed by atoms with Crippen LogP contribution in [0.3, 0.4) is 0 Å². The van der Waals surface area contributed by atoms with Crippen LogP contribution >= 0.6 is 0 Å². The van der Waals surface area contributed by atoms with E-state index in [0.29, 0.717) is 12.6 Å². The summed E-state index contributed by atoms with van der Waals surface area (Å²) in [4.78, 5) is 0. The van der Waals surface area contributed by atoms with Crippen molar-refractivity contribution >= 4 is 5.82 Å². The molecule has 1 aromatic rings. The summed E-state index contributed by atoms with van der Waals surface area (Å²) in [7, 11) is 0. The van der Waals surface area contributed by atoms with Crippen LogP contribution in [0.25, 0.3) is 0 Å². The molecule has 0 unspecified atom stereocenters. The number of aromatic nitrogens is 2. The monoisotopic (exact) mass is 223 g/mol. The number of hydrogen-bond acceptors (Lipinski definition) is 3. The van der Waals surface area contributed by atoms with Crippen LogP contribution in [0.2, 0.25) is 0 Å². The van der Waals surface area contributed by atoms with Gasteiger partial charge in [0.05, 0.1) is 18.8 Å². The molecule has 90 valence electrons. The molecule has 0 saturated heterocycles. The number of aliphatic hydroxyl groups is 1. The normalized spacial score (nSPS) is 16.9. The van der Waals surface area contributed by atoms with Crippen molar-refractivity contribution in [1.82, 2.24) is 9.78 Å². The van der Waals surface area contributed by atoms with Gasteiger partial charge in [0, 0.05) is 11.6 Å². The Kier molecular flexibility index (Phi) is 3.49. The number of nitrogens with zero attached hydrogens (tertiary/aromatic N) is 2. The Balaban J connectivity index is 2.16. The second kappa shape index (κ2) is 4.87. The van der Waals surface area contributed by atoms with Gasteiger partial charge >= 0.3 is 0 Å². The van der Waals surface area contributed by atoms with Crippen molar-refractivity contribution in [2.45, 2.75) is 52.1 Å². The Morgan fingerprint density at radius 1 is 1.38 bits per heavy atom. The highest BCUT2D eigenvalue weighted by molar-refractivity contribution is 5.47. The molecule has 16 heavy (non-hydrogen) atoms. The van der Waals surface area contributed by atoms with Crippen molar-refractivity contribution in [1.29, 1.82) is 0 Å². The quantitative estimate of drug-likeness (QED) is 0.819. The van der Waals surface area contributed by atoms with Gasteiger partial charge in [0.25, 0.3) is 0 Å². The fourth-order valence-electron chi connectivity index (χ4n) is 2.37. The molecule has 1 aromatic heterocycles. The van der Waals surface area contributed by atoms with Crippen molar-refractivity contribution in [3.8, 4) is 0 Å². The Bertz CT molecular complexity index is 353. The number of aliphatic hydroxyl groups excluding tert-OH is 1. The zero-order valence-electron chi connectivity index (χ0n) is 10.2. The predicted molar refractivity (Wildman–Crippen MR) is 64.7 cm³/mol. The minimum absolute atomic E-state index is 0.139. The maximum atomic E-state index is 9.02. The number of anilines is 1. The molecule has 0 amide bonds. The van der Waals surface area contributed by atoms with Gasteiger partial charge in [0.15, 0.2) is 0 Å². The van der Waals surface area contributed by atoms with Crippen LogP contribution in [-0.2, 0) is 6.54 Å². The third kappa shape index (κ3) is 2.21. The zero-order valence-corrected chi connectivity index (χ0v) is 10.2. The summed E-state index contributed by atoms with van der Waals surface area (Å²) in [6.07, 6.45) is 5.15. The lowest BCUT2D eigenvalue weighted by molar-refractivity contribution is 0.270. The summed E-state index contributed by atoms with van der Waals surface area (Å²) in [6.45, 7) is 4.82. The van der Waals surface area contributed by atoms with Crippen molar-refractivity contribution in [3.05, 3.63) is 11.3 Å². The molecule has 1 aliphatic carbocycles. The van der Waals surface area contributed by atoms with E-state index in [0.717, 1.165) is 11.5 Å². The first-order chi connectivity index (χ1) is 7.72. The van der Waals surface area contributed by atoms with Gasteiger partial charge in [0.1, 0.15) is 5.82 Å². The predicted octanol–water partition coefficient (Wildman–Crippen LogP) is 1.85. The topological polar surface area (TPSA) is 50.1 Å². The second-order valence-electron chi connectivity index (χ2n) is 4.63. The largest absolute Gasteiger partial charge is 0.394 e. The molecule has 0 atom stereocenters. The average Bonchev–Trinajstić information content (AvgIpc) is 2.84. The van der Waals surface area contributed by atoms with Crippen LogP contribution in [0.1, 0.15) is 36.9 Å². The molecule has 0 spiro atoms. The first-order valence-corrected chi connectivity index (χ1v) is 6.13. The molecule has 1 saturated carbocycles. The highest BCUT2D eigenvalue weighted by atomic mass is 16.3. The van der Waals surface area contributed by atoms with Crippen LogP contribution in [0, 0.1) is 13.8 Å². The second-order valence-corrected chi connectivity index (χ2v) is 4.63. The lowest BCUT2D eigenvalue weighted by atomic mass is 10.2. The molecule has 0 aliphatic heterocycles. The Morgan fingerprint density at radius 2 is 2.06 bits per heavy atom. The third-order valence-electron chi connectivity index (χ3n) is 3.43. The molecule has 2 N–H and O–H groups in total. The summed E-state index contributed by atoms with van der Waals surface area (Å²) < 4.78 is 1.89. The molecule has 1 fully saturated rings. The molecule has 0 aromatic carbocycles. The highest BCUT2D eigenvalue weighted by Gasteiger charge is 2.18. The molecule has 2 rings (SSSR count). The fourth-order valence-corrected chi connectivity index (χ4v) is 2.37. The molecule has 1 heterocycles. The number of hydrogen-bond donors (Lipinski definition) is 2. The average molecular weight is 223 g/mol. The van der Waals surface area contributed by atoms with Gasteiger partial charge in [0.2, 0.25) is 0 Å². The third-order valence-corrected chi connectivity index (χ3v) is 3.43. The number of aryl methyl sites for hydroxylation is 1. The fraction of sp³-hybridized carbons (Fsp3) is 0.750. The van der Waals surface area contributed by atoms with E-state index in [4.69, 9.17) is 5.11 Å². The van der Waals surface area contributed by atoms with Gasteiger partial charge in [-0.15, -0.1) is 0 Å². The maximum Gasteiger partial charge on any atom is 0.127 e. The maximum absolute atomic E-state index is 9.02. The summed E-state index contributed by atoms with van der Waals surface area (Å²) in [6, 6.07) is 0.590. The molecular weight excluding hydrogens is 202 g/mol. The van der Waals surface area contributed by atoms with Crippen molar-refractivity contribution in [2.75, 3.05) is 11.9 Å². The van der Waals surface area contributed by atoms with Gasteiger partial charge in [-0.25, -0.2) is 4.68 Å². The lowest BCUT2D eigenvalue weighted by Crippen LogP contribution is -2.19. The van der Waals surface area contributed by atoms with Gasteiger partial charge in [-0.05, 0) is 26.7 Å². The Labute approximate surface area is 96.7 Å². The summed E-state index contributed by atoms with van der Waals surface area (Å²) >= 11 is 0. The van der Waals surface area contributed by atoms with Gasteiger partial charge in [-0.2, -0.15) is 5.10 Å². The molecule has 1 aliphatic rings. The zero-order chi connectivity index (χ0) is 11.5. The smallest absolute Gasteiger partial charge is 0.127 e. The minimum Gasteiger partial charge on any atom is -0.394 e. The van der Waals surface area contributed by atoms with Crippen LogP contribution < -0.4 is 5.32 Å². The summed E-state index contributed by atoms with van der Waals surface area (Å²) in [5.74, 6) is 1.10. The van der Waals surface area contributed by atoms with Crippen LogP contribution in [0.4, 0.5) is 5.82 Å². The van der Waals surface area contributed by atoms with Crippen molar-refractivity contribution in [2.24, 2.45) is 0 Å². The molecule has 4 nitrogen and oxygen atoms in total. The van der Waals surface area contributed by atoms with Crippen LogP contribution in [0.15, 0.2) is 0 Å². The van der Waals surface area contributed by atoms with Gasteiger partial charge in [-0.3, -0.25) is 0 Å². The van der Waals surface area contributed by atoms with Crippen LogP contribution in [0.5, 0.6) is 0 Å². The Hall–Kier alpha value is -1.03. The SMILES string of the molecule is Cc1nn(CCO)c(NC2CCCC2)c1C. The van der Waals surface area contributed by atoms with Crippen molar-refractivity contribution < 1.29 is 5.11 Å². The summed E-state index contributed by atoms with van der Waals surface area (Å²) in [5, 5.41) is 17.0. The molecule has 4 heteroatoms. The number of rotatable bonds is 4. The van der Waals surface area contributed by atoms with Crippen LogP contribution in [-0.4, -0.2) is 27.5 Å². The lowest BCUT2D eigenvalue weighted by Gasteiger charge is -2.15.